The zero-order valence-corrected chi connectivity index (χ0v) is 10.9. The third-order valence-electron chi connectivity index (χ3n) is 3.94. The summed E-state index contributed by atoms with van der Waals surface area (Å²) in [5.74, 6) is -0.389. The second-order valence-electron chi connectivity index (χ2n) is 5.87. The van der Waals surface area contributed by atoms with Gasteiger partial charge in [-0.3, -0.25) is 0 Å². The Hall–Kier alpha value is 0.335. The molecular weight excluding hydrogens is 219 g/mol. The van der Waals surface area contributed by atoms with E-state index in [1.807, 2.05) is 13.8 Å². The molecule has 1 atom stereocenters. The number of hydrogen-bond acceptors (Lipinski definition) is 3. The second-order valence-corrected chi connectivity index (χ2v) is 7.75. The van der Waals surface area contributed by atoms with E-state index in [-0.39, 0.29) is 11.9 Å². The van der Waals surface area contributed by atoms with Crippen molar-refractivity contribution in [3.63, 3.8) is 0 Å². The van der Waals surface area contributed by atoms with E-state index in [0.29, 0.717) is 9.49 Å². The predicted octanol–water partition coefficient (Wildman–Crippen LogP) is 2.52. The predicted molar refractivity (Wildman–Crippen MR) is 67.0 cm³/mol. The molecule has 0 bridgehead atoms. The van der Waals surface area contributed by atoms with Crippen LogP contribution < -0.4 is 0 Å². The number of ether oxygens (including phenoxy) is 2. The summed E-state index contributed by atoms with van der Waals surface area (Å²) in [4.78, 5) is 0. The van der Waals surface area contributed by atoms with Crippen LogP contribution in [0.4, 0.5) is 0 Å². The van der Waals surface area contributed by atoms with Gasteiger partial charge in [-0.1, -0.05) is 6.32 Å². The fraction of sp³-hybridized carbons (Fsp3) is 1.00. The summed E-state index contributed by atoms with van der Waals surface area (Å²) in [6, 6.07) is 0. The molecule has 2 aliphatic carbocycles. The number of hydrogen-bond donors (Lipinski definition) is 0. The quantitative estimate of drug-likeness (QED) is 0.701. The van der Waals surface area contributed by atoms with Gasteiger partial charge in [0.15, 0.2) is 5.79 Å². The molecule has 0 aromatic rings. The highest BCUT2D eigenvalue weighted by atomic mass is 32.2. The largest absolute Gasteiger partial charge is 0.348 e. The van der Waals surface area contributed by atoms with E-state index < -0.39 is 0 Å². The lowest BCUT2D eigenvalue weighted by atomic mass is 10.0. The zero-order chi connectivity index (χ0) is 11.4. The van der Waals surface area contributed by atoms with E-state index in [9.17, 15) is 0 Å². The van der Waals surface area contributed by atoms with E-state index in [2.05, 4.69) is 11.8 Å². The highest BCUT2D eigenvalue weighted by Gasteiger charge is 2.60. The van der Waals surface area contributed by atoms with Gasteiger partial charge in [-0.15, -0.1) is 11.8 Å². The van der Waals surface area contributed by atoms with Crippen LogP contribution in [0.25, 0.3) is 0 Å². The fourth-order valence-electron chi connectivity index (χ4n) is 2.48. The van der Waals surface area contributed by atoms with Crippen LogP contribution in [0, 0.1) is 0 Å². The smallest absolute Gasteiger partial charge is 0.163 e. The summed E-state index contributed by atoms with van der Waals surface area (Å²) in [6.07, 6.45) is 6.19. The Labute approximate surface area is 103 Å². The molecule has 1 saturated heterocycles. The van der Waals surface area contributed by atoms with Gasteiger partial charge in [0.25, 0.3) is 0 Å². The molecule has 1 unspecified atom stereocenters. The van der Waals surface area contributed by atoms with Crippen LogP contribution in [-0.2, 0) is 9.47 Å². The van der Waals surface area contributed by atoms with Crippen LogP contribution in [-0.4, -0.2) is 35.8 Å². The Bertz CT molecular complexity index is 297. The average molecular weight is 238 g/mol. The molecule has 3 aliphatic rings. The lowest BCUT2D eigenvalue weighted by molar-refractivity contribution is -0.139. The molecule has 0 N–H and O–H groups in total. The van der Waals surface area contributed by atoms with Crippen LogP contribution in [0.5, 0.6) is 0 Å². The molecule has 0 spiro atoms. The second kappa shape index (κ2) is 3.42. The first-order chi connectivity index (χ1) is 7.49. The SMILES string of the molecule is [B]CC1(SC2(C3COC(C)(C)O3)CC2)CC1. The lowest BCUT2D eigenvalue weighted by Gasteiger charge is -2.27. The van der Waals surface area contributed by atoms with Crippen molar-refractivity contribution >= 4 is 19.6 Å². The van der Waals surface area contributed by atoms with E-state index in [4.69, 9.17) is 17.3 Å². The molecule has 88 valence electrons. The summed E-state index contributed by atoms with van der Waals surface area (Å²) < 4.78 is 12.4. The maximum Gasteiger partial charge on any atom is 0.163 e. The molecule has 0 aromatic carbocycles. The van der Waals surface area contributed by atoms with Gasteiger partial charge in [0.05, 0.1) is 20.6 Å². The molecule has 2 radical (unpaired) electrons. The number of thioether (sulfide) groups is 1. The molecule has 2 nitrogen and oxygen atoms in total. The van der Waals surface area contributed by atoms with Gasteiger partial charge >= 0.3 is 0 Å². The molecule has 3 rings (SSSR count). The van der Waals surface area contributed by atoms with Gasteiger partial charge < -0.3 is 9.47 Å². The minimum atomic E-state index is -0.389. The third-order valence-corrected chi connectivity index (χ3v) is 6.02. The van der Waals surface area contributed by atoms with Crippen molar-refractivity contribution in [1.82, 2.24) is 0 Å². The third kappa shape index (κ3) is 1.93. The van der Waals surface area contributed by atoms with E-state index in [1.54, 1.807) is 0 Å². The summed E-state index contributed by atoms with van der Waals surface area (Å²) in [5, 5.41) is 0. The summed E-state index contributed by atoms with van der Waals surface area (Å²) in [5.41, 5.74) is 0. The van der Waals surface area contributed by atoms with Crippen LogP contribution in [0.3, 0.4) is 0 Å². The highest BCUT2D eigenvalue weighted by molar-refractivity contribution is 8.02. The molecule has 3 fully saturated rings. The summed E-state index contributed by atoms with van der Waals surface area (Å²) >= 11 is 2.09. The standard InChI is InChI=1S/C12H19BO2S/c1-10(2)14-7-9(15-10)12(5-6-12)16-11(8-13)3-4-11/h9H,3-8H2,1-2H3. The normalized spacial score (nSPS) is 37.2. The minimum Gasteiger partial charge on any atom is -0.348 e. The Morgan fingerprint density at radius 1 is 1.25 bits per heavy atom. The topological polar surface area (TPSA) is 18.5 Å². The van der Waals surface area contributed by atoms with Crippen LogP contribution in [0.15, 0.2) is 0 Å². The summed E-state index contributed by atoms with van der Waals surface area (Å²) in [6.45, 7) is 4.76. The summed E-state index contributed by atoms with van der Waals surface area (Å²) in [7, 11) is 5.86. The Morgan fingerprint density at radius 3 is 2.31 bits per heavy atom. The van der Waals surface area contributed by atoms with Crippen LogP contribution in [0.1, 0.15) is 39.5 Å². The molecular formula is C12H19BO2S. The van der Waals surface area contributed by atoms with E-state index in [1.165, 1.54) is 25.7 Å². The average Bonchev–Trinajstić information content (AvgIpc) is 3.13. The molecule has 1 aliphatic heterocycles. The van der Waals surface area contributed by atoms with E-state index >= 15 is 0 Å². The molecule has 0 aromatic heterocycles. The van der Waals surface area contributed by atoms with Crippen molar-refractivity contribution < 1.29 is 9.47 Å². The van der Waals surface area contributed by atoms with Crippen molar-refractivity contribution in [2.24, 2.45) is 0 Å². The molecule has 4 heteroatoms. The monoisotopic (exact) mass is 238 g/mol. The zero-order valence-electron chi connectivity index (χ0n) is 10.1. The van der Waals surface area contributed by atoms with Gasteiger partial charge in [0.1, 0.15) is 0 Å². The van der Waals surface area contributed by atoms with Crippen molar-refractivity contribution in [1.29, 1.82) is 0 Å². The van der Waals surface area contributed by atoms with Crippen molar-refractivity contribution in [2.75, 3.05) is 6.61 Å². The first-order valence-corrected chi connectivity index (χ1v) is 7.03. The van der Waals surface area contributed by atoms with Gasteiger partial charge in [0.2, 0.25) is 0 Å². The Kier molecular flexibility index (Phi) is 2.45. The van der Waals surface area contributed by atoms with Crippen molar-refractivity contribution in [2.45, 2.75) is 67.2 Å². The first-order valence-electron chi connectivity index (χ1n) is 6.21. The first kappa shape index (κ1) is 11.4. The highest BCUT2D eigenvalue weighted by Crippen LogP contribution is 2.65. The van der Waals surface area contributed by atoms with Crippen molar-refractivity contribution in [3.8, 4) is 0 Å². The van der Waals surface area contributed by atoms with Crippen LogP contribution in [0.2, 0.25) is 6.32 Å². The van der Waals surface area contributed by atoms with E-state index in [0.717, 1.165) is 12.9 Å². The Morgan fingerprint density at radius 2 is 1.94 bits per heavy atom. The van der Waals surface area contributed by atoms with Crippen LogP contribution >= 0.6 is 11.8 Å². The Balaban J connectivity index is 1.66. The lowest BCUT2D eigenvalue weighted by Crippen LogP contribution is -2.32. The molecule has 0 amide bonds. The maximum absolute atomic E-state index is 6.01. The maximum atomic E-state index is 6.01. The van der Waals surface area contributed by atoms with Crippen molar-refractivity contribution in [3.05, 3.63) is 0 Å². The number of rotatable bonds is 4. The molecule has 2 saturated carbocycles. The molecule has 16 heavy (non-hydrogen) atoms. The fourth-order valence-corrected chi connectivity index (χ4v) is 4.28. The van der Waals surface area contributed by atoms with Gasteiger partial charge in [-0.2, -0.15) is 0 Å². The van der Waals surface area contributed by atoms with Gasteiger partial charge in [0, 0.05) is 9.49 Å². The van der Waals surface area contributed by atoms with Gasteiger partial charge in [-0.25, -0.2) is 0 Å². The molecule has 1 heterocycles. The van der Waals surface area contributed by atoms with Gasteiger partial charge in [-0.05, 0) is 39.5 Å². The minimum absolute atomic E-state index is 0.275.